The van der Waals surface area contributed by atoms with Crippen LogP contribution in [0.4, 0.5) is 11.5 Å². The minimum Gasteiger partial charge on any atom is -0.347 e. The van der Waals surface area contributed by atoms with E-state index in [9.17, 15) is 14.4 Å². The summed E-state index contributed by atoms with van der Waals surface area (Å²) >= 11 is 0. The lowest BCUT2D eigenvalue weighted by Crippen LogP contribution is -2.61. The number of rotatable bonds is 4. The van der Waals surface area contributed by atoms with Crippen molar-refractivity contribution in [1.29, 1.82) is 0 Å². The van der Waals surface area contributed by atoms with Crippen molar-refractivity contribution < 1.29 is 14.4 Å². The molecule has 2 aromatic rings. The lowest BCUT2D eigenvalue weighted by atomic mass is 10.1. The summed E-state index contributed by atoms with van der Waals surface area (Å²) < 4.78 is 0. The molecule has 1 aromatic heterocycles. The molecule has 2 heterocycles. The van der Waals surface area contributed by atoms with Crippen molar-refractivity contribution in [3.05, 3.63) is 47.4 Å². The number of hydrogen-bond acceptors (Lipinski definition) is 6. The van der Waals surface area contributed by atoms with Gasteiger partial charge in [-0.05, 0) is 32.0 Å². The van der Waals surface area contributed by atoms with Gasteiger partial charge in [-0.2, -0.15) is 0 Å². The van der Waals surface area contributed by atoms with E-state index in [1.165, 1.54) is 11.8 Å². The third-order valence-electron chi connectivity index (χ3n) is 5.16. The second kappa shape index (κ2) is 9.11. The number of aromatic nitrogens is 2. The minimum atomic E-state index is -0.719. The summed E-state index contributed by atoms with van der Waals surface area (Å²) in [5, 5.41) is 3.21. The SMILES string of the molecule is CC(=O)N1CCN(C(=O)c2cccc(Nc3cc(C)nc(C)n3)c2)C(C(=O)N(C)C)C1. The lowest BCUT2D eigenvalue weighted by Gasteiger charge is -2.41. The fraction of sp³-hybridized carbons (Fsp3) is 0.409. The summed E-state index contributed by atoms with van der Waals surface area (Å²) in [6.45, 7) is 6.07. The number of amides is 3. The Balaban J connectivity index is 1.84. The van der Waals surface area contributed by atoms with E-state index in [4.69, 9.17) is 0 Å². The third-order valence-corrected chi connectivity index (χ3v) is 5.16. The summed E-state index contributed by atoms with van der Waals surface area (Å²) in [7, 11) is 3.29. The molecule has 1 aliphatic heterocycles. The molecular formula is C22H28N6O3. The summed E-state index contributed by atoms with van der Waals surface area (Å²) in [6.07, 6.45) is 0. The number of nitrogens with one attached hydrogen (secondary N) is 1. The van der Waals surface area contributed by atoms with Crippen molar-refractivity contribution in [1.82, 2.24) is 24.7 Å². The number of piperazine rings is 1. The van der Waals surface area contributed by atoms with E-state index in [0.717, 1.165) is 5.69 Å². The molecule has 3 rings (SSSR count). The second-order valence-electron chi connectivity index (χ2n) is 7.86. The van der Waals surface area contributed by atoms with E-state index in [0.29, 0.717) is 36.0 Å². The average Bonchev–Trinajstić information content (AvgIpc) is 2.71. The normalized spacial score (nSPS) is 16.1. The van der Waals surface area contributed by atoms with Crippen LogP contribution in [0.3, 0.4) is 0 Å². The molecule has 1 aromatic carbocycles. The average molecular weight is 425 g/mol. The predicted molar refractivity (Wildman–Crippen MR) is 117 cm³/mol. The largest absolute Gasteiger partial charge is 0.347 e. The molecule has 0 saturated carbocycles. The van der Waals surface area contributed by atoms with Crippen LogP contribution in [0.15, 0.2) is 30.3 Å². The Kier molecular flexibility index (Phi) is 6.53. The monoisotopic (exact) mass is 424 g/mol. The number of likely N-dealkylation sites (N-methyl/N-ethyl adjacent to an activating group) is 1. The van der Waals surface area contributed by atoms with E-state index in [2.05, 4.69) is 15.3 Å². The number of benzene rings is 1. The molecule has 1 saturated heterocycles. The number of aryl methyl sites for hydroxylation is 2. The first-order chi connectivity index (χ1) is 14.7. The molecule has 1 N–H and O–H groups in total. The van der Waals surface area contributed by atoms with Gasteiger partial charge in [-0.25, -0.2) is 9.97 Å². The van der Waals surface area contributed by atoms with Gasteiger partial charge in [-0.15, -0.1) is 0 Å². The lowest BCUT2D eigenvalue weighted by molar-refractivity contribution is -0.139. The number of anilines is 2. The summed E-state index contributed by atoms with van der Waals surface area (Å²) in [4.78, 5) is 51.1. The number of nitrogens with zero attached hydrogens (tertiary/aromatic N) is 5. The van der Waals surface area contributed by atoms with Crippen LogP contribution in [0.5, 0.6) is 0 Å². The molecule has 1 aliphatic rings. The highest BCUT2D eigenvalue weighted by atomic mass is 16.2. The highest BCUT2D eigenvalue weighted by Gasteiger charge is 2.37. The van der Waals surface area contributed by atoms with Gasteiger partial charge in [-0.1, -0.05) is 6.07 Å². The van der Waals surface area contributed by atoms with Crippen molar-refractivity contribution in [3.8, 4) is 0 Å². The molecule has 31 heavy (non-hydrogen) atoms. The zero-order chi connectivity index (χ0) is 22.7. The first kappa shape index (κ1) is 22.2. The van der Waals surface area contributed by atoms with Gasteiger partial charge >= 0.3 is 0 Å². The van der Waals surface area contributed by atoms with Gasteiger partial charge in [0.25, 0.3) is 5.91 Å². The Morgan fingerprint density at radius 3 is 2.48 bits per heavy atom. The first-order valence-electron chi connectivity index (χ1n) is 10.1. The third kappa shape index (κ3) is 5.17. The van der Waals surface area contributed by atoms with Gasteiger partial charge in [0, 0.05) is 57.1 Å². The summed E-state index contributed by atoms with van der Waals surface area (Å²) in [5.41, 5.74) is 2.01. The zero-order valence-corrected chi connectivity index (χ0v) is 18.5. The first-order valence-corrected chi connectivity index (χ1v) is 10.1. The maximum absolute atomic E-state index is 13.3. The number of hydrogen-bond donors (Lipinski definition) is 1. The topological polar surface area (TPSA) is 98.7 Å². The molecule has 1 fully saturated rings. The molecule has 9 nitrogen and oxygen atoms in total. The smallest absolute Gasteiger partial charge is 0.254 e. The molecule has 0 aliphatic carbocycles. The van der Waals surface area contributed by atoms with Crippen LogP contribution >= 0.6 is 0 Å². The van der Waals surface area contributed by atoms with Crippen molar-refractivity contribution >= 4 is 29.2 Å². The van der Waals surface area contributed by atoms with Crippen LogP contribution in [-0.2, 0) is 9.59 Å². The maximum Gasteiger partial charge on any atom is 0.254 e. The minimum absolute atomic E-state index is 0.106. The van der Waals surface area contributed by atoms with Crippen molar-refractivity contribution in [2.45, 2.75) is 26.8 Å². The summed E-state index contributed by atoms with van der Waals surface area (Å²) in [6, 6.07) is 8.20. The maximum atomic E-state index is 13.3. The van der Waals surface area contributed by atoms with Gasteiger partial charge in [-0.3, -0.25) is 14.4 Å². The Bertz CT molecular complexity index is 986. The number of carbonyl (C=O) groups excluding carboxylic acids is 3. The fourth-order valence-electron chi connectivity index (χ4n) is 3.65. The van der Waals surface area contributed by atoms with Gasteiger partial charge in [0.15, 0.2) is 0 Å². The highest BCUT2D eigenvalue weighted by Crippen LogP contribution is 2.21. The van der Waals surface area contributed by atoms with E-state index >= 15 is 0 Å². The fourth-order valence-corrected chi connectivity index (χ4v) is 3.65. The van der Waals surface area contributed by atoms with Gasteiger partial charge < -0.3 is 20.0 Å². The van der Waals surface area contributed by atoms with E-state index in [-0.39, 0.29) is 24.3 Å². The van der Waals surface area contributed by atoms with E-state index < -0.39 is 6.04 Å². The molecule has 3 amide bonds. The molecule has 164 valence electrons. The van der Waals surface area contributed by atoms with Gasteiger partial charge in [0.1, 0.15) is 17.7 Å². The Hall–Kier alpha value is -3.49. The quantitative estimate of drug-likeness (QED) is 0.801. The Labute approximate surface area is 182 Å². The zero-order valence-electron chi connectivity index (χ0n) is 18.5. The molecule has 0 bridgehead atoms. The van der Waals surface area contributed by atoms with Crippen molar-refractivity contribution in [2.75, 3.05) is 39.0 Å². The molecule has 0 spiro atoms. The van der Waals surface area contributed by atoms with Crippen LogP contribution in [0, 0.1) is 13.8 Å². The van der Waals surface area contributed by atoms with Crippen LogP contribution in [0.2, 0.25) is 0 Å². The second-order valence-corrected chi connectivity index (χ2v) is 7.86. The summed E-state index contributed by atoms with van der Waals surface area (Å²) in [5.74, 6) is 0.737. The van der Waals surface area contributed by atoms with Gasteiger partial charge in [0.05, 0.1) is 6.54 Å². The standard InChI is InChI=1S/C22H28N6O3/c1-14-11-20(24-15(2)23-14)25-18-8-6-7-17(12-18)21(30)28-10-9-27(16(3)29)13-19(28)22(31)26(4)5/h6-8,11-12,19H,9-10,13H2,1-5H3,(H,23,24,25). The number of carbonyl (C=O) groups is 3. The van der Waals surface area contributed by atoms with Gasteiger partial charge in [0.2, 0.25) is 11.8 Å². The van der Waals surface area contributed by atoms with Crippen LogP contribution in [0.25, 0.3) is 0 Å². The van der Waals surface area contributed by atoms with Crippen molar-refractivity contribution in [3.63, 3.8) is 0 Å². The van der Waals surface area contributed by atoms with E-state index in [1.54, 1.807) is 42.1 Å². The molecule has 0 radical (unpaired) electrons. The van der Waals surface area contributed by atoms with Crippen LogP contribution < -0.4 is 5.32 Å². The van der Waals surface area contributed by atoms with Crippen LogP contribution in [0.1, 0.15) is 28.8 Å². The molecular weight excluding hydrogens is 396 g/mol. The molecule has 1 unspecified atom stereocenters. The van der Waals surface area contributed by atoms with E-state index in [1.807, 2.05) is 26.0 Å². The predicted octanol–water partition coefficient (Wildman–Crippen LogP) is 1.60. The van der Waals surface area contributed by atoms with Crippen molar-refractivity contribution in [2.24, 2.45) is 0 Å². The Morgan fingerprint density at radius 2 is 1.84 bits per heavy atom. The van der Waals surface area contributed by atoms with Crippen LogP contribution in [-0.4, -0.2) is 82.2 Å². The molecule has 9 heteroatoms. The molecule has 1 atom stereocenters. The Morgan fingerprint density at radius 1 is 1.10 bits per heavy atom. The highest BCUT2D eigenvalue weighted by molar-refractivity contribution is 5.98.